The number of hydrogen-bond acceptors (Lipinski definition) is 3. The smallest absolute Gasteiger partial charge is 0.191 e. The molecule has 0 bridgehead atoms. The van der Waals surface area contributed by atoms with Crippen molar-refractivity contribution in [1.82, 2.24) is 15.5 Å². The highest BCUT2D eigenvalue weighted by Gasteiger charge is 2.24. The van der Waals surface area contributed by atoms with E-state index in [1.54, 1.807) is 0 Å². The van der Waals surface area contributed by atoms with E-state index in [9.17, 15) is 0 Å². The van der Waals surface area contributed by atoms with Gasteiger partial charge in [-0.15, -0.1) is 24.0 Å². The van der Waals surface area contributed by atoms with Gasteiger partial charge in [0.05, 0.1) is 6.61 Å². The second-order valence-corrected chi connectivity index (χ2v) is 8.06. The van der Waals surface area contributed by atoms with E-state index >= 15 is 0 Å². The fourth-order valence-corrected chi connectivity index (χ4v) is 4.27. The highest BCUT2D eigenvalue weighted by atomic mass is 127. The van der Waals surface area contributed by atoms with Crippen LogP contribution in [0.15, 0.2) is 47.5 Å². The standard InChI is InChI=1S/C23H32N4O.HI/c1-24-23(25-15-18-6-7-20-4-2-3-5-21(20)14-18)26-22-8-11-27(12-9-22)16-19-10-13-28-17-19;/h2-7,14,19,22H,8-13,15-17H2,1H3,(H2,24,25,26);1H. The van der Waals surface area contributed by atoms with Crippen LogP contribution in [0.2, 0.25) is 0 Å². The van der Waals surface area contributed by atoms with Crippen molar-refractivity contribution in [2.75, 3.05) is 39.9 Å². The molecule has 2 saturated heterocycles. The molecule has 5 nitrogen and oxygen atoms in total. The van der Waals surface area contributed by atoms with Gasteiger partial charge in [0, 0.05) is 45.9 Å². The lowest BCUT2D eigenvalue weighted by Crippen LogP contribution is -2.49. The summed E-state index contributed by atoms with van der Waals surface area (Å²) in [4.78, 5) is 7.03. The van der Waals surface area contributed by atoms with Gasteiger partial charge in [-0.3, -0.25) is 4.99 Å². The van der Waals surface area contributed by atoms with E-state index in [0.717, 1.165) is 44.7 Å². The van der Waals surface area contributed by atoms with E-state index < -0.39 is 0 Å². The third-order valence-electron chi connectivity index (χ3n) is 5.97. The van der Waals surface area contributed by atoms with Crippen LogP contribution in [-0.4, -0.2) is 56.8 Å². The predicted molar refractivity (Wildman–Crippen MR) is 131 cm³/mol. The van der Waals surface area contributed by atoms with Crippen molar-refractivity contribution < 1.29 is 4.74 Å². The van der Waals surface area contributed by atoms with Crippen LogP contribution in [-0.2, 0) is 11.3 Å². The number of likely N-dealkylation sites (tertiary alicyclic amines) is 1. The molecule has 0 aliphatic carbocycles. The maximum absolute atomic E-state index is 5.51. The Balaban J connectivity index is 0.00000240. The van der Waals surface area contributed by atoms with Gasteiger partial charge in [0.15, 0.2) is 5.96 Å². The molecule has 0 amide bonds. The van der Waals surface area contributed by atoms with Crippen LogP contribution in [0.1, 0.15) is 24.8 Å². The maximum atomic E-state index is 5.51. The number of rotatable bonds is 5. The van der Waals surface area contributed by atoms with E-state index in [4.69, 9.17) is 4.74 Å². The van der Waals surface area contributed by atoms with E-state index in [0.29, 0.717) is 6.04 Å². The number of halogens is 1. The average molecular weight is 508 g/mol. The summed E-state index contributed by atoms with van der Waals surface area (Å²) in [6.45, 7) is 6.20. The summed E-state index contributed by atoms with van der Waals surface area (Å²) < 4.78 is 5.51. The average Bonchev–Trinajstić information content (AvgIpc) is 3.25. The van der Waals surface area contributed by atoms with E-state index in [1.165, 1.54) is 42.1 Å². The molecule has 0 saturated carbocycles. The van der Waals surface area contributed by atoms with Gasteiger partial charge >= 0.3 is 0 Å². The van der Waals surface area contributed by atoms with Crippen molar-refractivity contribution in [2.24, 2.45) is 10.9 Å². The number of piperidine rings is 1. The quantitative estimate of drug-likeness (QED) is 0.368. The van der Waals surface area contributed by atoms with Crippen LogP contribution >= 0.6 is 24.0 Å². The molecule has 6 heteroatoms. The van der Waals surface area contributed by atoms with Gasteiger partial charge in [0.2, 0.25) is 0 Å². The number of fused-ring (bicyclic) bond motifs is 1. The van der Waals surface area contributed by atoms with Crippen LogP contribution < -0.4 is 10.6 Å². The molecule has 2 aliphatic heterocycles. The normalized spacial score (nSPS) is 21.1. The molecular weight excluding hydrogens is 475 g/mol. The lowest BCUT2D eigenvalue weighted by molar-refractivity contribution is 0.150. The number of benzene rings is 2. The fraction of sp³-hybridized carbons (Fsp3) is 0.522. The minimum absolute atomic E-state index is 0. The van der Waals surface area contributed by atoms with Crippen molar-refractivity contribution >= 4 is 40.7 Å². The van der Waals surface area contributed by atoms with Crippen LogP contribution in [0.3, 0.4) is 0 Å². The summed E-state index contributed by atoms with van der Waals surface area (Å²) in [5, 5.41) is 9.66. The summed E-state index contributed by atoms with van der Waals surface area (Å²) in [6, 6.07) is 15.6. The molecule has 2 heterocycles. The molecule has 2 aromatic rings. The third kappa shape index (κ3) is 6.30. The largest absolute Gasteiger partial charge is 0.381 e. The Morgan fingerprint density at radius 2 is 1.90 bits per heavy atom. The van der Waals surface area contributed by atoms with E-state index in [-0.39, 0.29) is 24.0 Å². The van der Waals surface area contributed by atoms with Crippen LogP contribution in [0.25, 0.3) is 10.8 Å². The van der Waals surface area contributed by atoms with Gasteiger partial charge in [-0.25, -0.2) is 0 Å². The molecule has 0 aromatic heterocycles. The number of nitrogens with one attached hydrogen (secondary N) is 2. The molecule has 4 rings (SSSR count). The zero-order valence-electron chi connectivity index (χ0n) is 17.3. The molecule has 2 aliphatic rings. The zero-order chi connectivity index (χ0) is 19.2. The first kappa shape index (κ1) is 22.3. The molecule has 158 valence electrons. The molecule has 1 unspecified atom stereocenters. The van der Waals surface area contributed by atoms with Gasteiger partial charge in [-0.2, -0.15) is 0 Å². The minimum Gasteiger partial charge on any atom is -0.381 e. The Morgan fingerprint density at radius 3 is 2.62 bits per heavy atom. The van der Waals surface area contributed by atoms with Crippen LogP contribution in [0.4, 0.5) is 0 Å². The molecule has 0 radical (unpaired) electrons. The minimum atomic E-state index is 0. The lowest BCUT2D eigenvalue weighted by Gasteiger charge is -2.34. The van der Waals surface area contributed by atoms with Crippen LogP contribution in [0.5, 0.6) is 0 Å². The number of ether oxygens (including phenoxy) is 1. The Kier molecular flexibility index (Phi) is 8.56. The monoisotopic (exact) mass is 508 g/mol. The Bertz CT molecular complexity index is 798. The maximum Gasteiger partial charge on any atom is 0.191 e. The SMILES string of the molecule is CN=C(NCc1ccc2ccccc2c1)NC1CCN(CC2CCOC2)CC1.I. The van der Waals surface area contributed by atoms with Crippen molar-refractivity contribution in [3.8, 4) is 0 Å². The summed E-state index contributed by atoms with van der Waals surface area (Å²) in [5.74, 6) is 1.64. The van der Waals surface area contributed by atoms with Gasteiger partial charge < -0.3 is 20.3 Å². The Hall–Kier alpha value is -1.38. The number of guanidine groups is 1. The zero-order valence-corrected chi connectivity index (χ0v) is 19.6. The number of nitrogens with zero attached hydrogens (tertiary/aromatic N) is 2. The van der Waals surface area contributed by atoms with Crippen molar-refractivity contribution in [3.05, 3.63) is 48.0 Å². The van der Waals surface area contributed by atoms with Gasteiger partial charge in [0.25, 0.3) is 0 Å². The van der Waals surface area contributed by atoms with Crippen LogP contribution in [0, 0.1) is 5.92 Å². The second-order valence-electron chi connectivity index (χ2n) is 8.06. The summed E-state index contributed by atoms with van der Waals surface area (Å²) in [7, 11) is 1.85. The Labute approximate surface area is 191 Å². The molecule has 2 N–H and O–H groups in total. The number of aliphatic imine (C=N–C) groups is 1. The summed E-state index contributed by atoms with van der Waals surface area (Å²) >= 11 is 0. The first-order valence-corrected chi connectivity index (χ1v) is 10.5. The molecule has 0 spiro atoms. The summed E-state index contributed by atoms with van der Waals surface area (Å²) in [6.07, 6.45) is 3.57. The molecule has 2 fully saturated rings. The van der Waals surface area contributed by atoms with Crippen molar-refractivity contribution in [3.63, 3.8) is 0 Å². The lowest BCUT2D eigenvalue weighted by atomic mass is 10.0. The van der Waals surface area contributed by atoms with Gasteiger partial charge in [0.1, 0.15) is 0 Å². The molecule has 1 atom stereocenters. The second kappa shape index (κ2) is 11.1. The van der Waals surface area contributed by atoms with E-state index in [1.807, 2.05) is 7.05 Å². The van der Waals surface area contributed by atoms with Gasteiger partial charge in [-0.05, 0) is 47.6 Å². The summed E-state index contributed by atoms with van der Waals surface area (Å²) in [5.41, 5.74) is 1.27. The molecular formula is C23H33IN4O. The molecule has 2 aromatic carbocycles. The van der Waals surface area contributed by atoms with E-state index in [2.05, 4.69) is 63.0 Å². The topological polar surface area (TPSA) is 48.9 Å². The first-order valence-electron chi connectivity index (χ1n) is 10.5. The number of hydrogen-bond donors (Lipinski definition) is 2. The highest BCUT2D eigenvalue weighted by molar-refractivity contribution is 14.0. The van der Waals surface area contributed by atoms with Crippen molar-refractivity contribution in [1.29, 1.82) is 0 Å². The highest BCUT2D eigenvalue weighted by Crippen LogP contribution is 2.18. The molecule has 29 heavy (non-hydrogen) atoms. The predicted octanol–water partition coefficient (Wildman–Crippen LogP) is 3.62. The third-order valence-corrected chi connectivity index (χ3v) is 5.97. The first-order chi connectivity index (χ1) is 13.8. The van der Waals surface area contributed by atoms with Crippen molar-refractivity contribution in [2.45, 2.75) is 31.8 Å². The van der Waals surface area contributed by atoms with Gasteiger partial charge in [-0.1, -0.05) is 36.4 Å². The fourth-order valence-electron chi connectivity index (χ4n) is 4.27. The Morgan fingerprint density at radius 1 is 1.10 bits per heavy atom.